The second-order valence-corrected chi connectivity index (χ2v) is 45.9. The third-order valence-corrected chi connectivity index (χ3v) is 38.3. The second-order valence-electron chi connectivity index (χ2n) is 37.4. The van der Waals surface area contributed by atoms with Gasteiger partial charge in [-0.15, -0.1) is 90.7 Å². The molecule has 4 nitrogen and oxygen atoms in total. The van der Waals surface area contributed by atoms with Crippen molar-refractivity contribution in [2.75, 3.05) is 19.6 Å². The number of anilines is 12. The fourth-order valence-corrected chi connectivity index (χ4v) is 32.3. The summed E-state index contributed by atoms with van der Waals surface area (Å²) >= 11 is 15.2. The molecular weight excluding hydrogens is 1950 g/mol. The topological polar surface area (TPSA) is 13.0 Å². The fourth-order valence-electron chi connectivity index (χ4n) is 22.4. The molecule has 0 aliphatic heterocycles. The van der Waals surface area contributed by atoms with Crippen LogP contribution in [0, 0.1) is 0 Å². The van der Waals surface area contributed by atoms with Gasteiger partial charge >= 0.3 is 0 Å². The zero-order valence-corrected chi connectivity index (χ0v) is 86.1. The highest BCUT2D eigenvalue weighted by Gasteiger charge is 2.29. The summed E-state index contributed by atoms with van der Waals surface area (Å²) in [6.07, 6.45) is 0. The smallest absolute Gasteiger partial charge is 0.0555 e. The van der Waals surface area contributed by atoms with Crippen LogP contribution in [-0.2, 0) is 0 Å². The molecule has 0 aliphatic rings. The highest BCUT2D eigenvalue weighted by molar-refractivity contribution is 7.32. The van der Waals surface area contributed by atoms with Gasteiger partial charge in [0.2, 0.25) is 0 Å². The number of nitrogens with zero attached hydrogens (tertiary/aromatic N) is 4. The Balaban J connectivity index is 0.0000000933. The van der Waals surface area contributed by atoms with Gasteiger partial charge < -0.3 is 19.6 Å². The number of fused-ring (bicyclic) bond motifs is 33. The maximum atomic E-state index is 2.45. The van der Waals surface area contributed by atoms with Crippen LogP contribution in [0.3, 0.4) is 0 Å². The standard InChI is InChI=1S/C38H23NS2.2C34H21NS2.C30H19NS2/c1-2-10-26(11-3-1)39(27-20-19-25-18-17-24-9-4-5-12-28(24)31(25)23-27)32-14-8-16-34-36(32)37-35(40-34)22-21-30-29-13-6-7-15-33(29)41-38(30)37;1-2-12-23(13-3-1)35(27-16-8-11-22-10-4-5-14-24(22)27)28-17-9-19-30-32(28)33-31(36-30)21-20-26-25-15-6-7-18-29(25)37-34(26)33;1-2-11-24(12-3-1)35(25-18-17-22-9-4-5-10-23(22)21-25)28-14-8-16-30-32(28)33-31(36-30)20-19-27-26-13-6-7-15-29(26)37-34(27)33;1-3-10-20(11-4-1)31(21-12-5-2-6-13-21)24-15-9-17-26-28(24)29-27(32-26)19-18-23-22-14-7-8-16-25(22)33-30(23)29/h1-23H;2*1-21H;1-19H. The van der Waals surface area contributed by atoms with Crippen LogP contribution >= 0.6 is 90.7 Å². The maximum Gasteiger partial charge on any atom is 0.0555 e. The van der Waals surface area contributed by atoms with Gasteiger partial charge in [0.05, 0.1) is 28.4 Å². The molecule has 0 unspecified atom stereocenters. The molecule has 148 heavy (non-hydrogen) atoms. The minimum atomic E-state index is 1.16. The first-order valence-corrected chi connectivity index (χ1v) is 56.3. The van der Waals surface area contributed by atoms with Crippen molar-refractivity contribution in [3.05, 3.63) is 510 Å². The molecule has 8 heterocycles. The summed E-state index contributed by atoms with van der Waals surface area (Å²) in [5, 5.41) is 31.6. The van der Waals surface area contributed by atoms with E-state index in [1.165, 1.54) is 250 Å². The van der Waals surface area contributed by atoms with Gasteiger partial charge in [0, 0.05) is 207 Å². The predicted molar refractivity (Wildman–Crippen MR) is 658 cm³/mol. The van der Waals surface area contributed by atoms with E-state index >= 15 is 0 Å². The molecule has 0 N–H and O–H groups in total. The third-order valence-electron chi connectivity index (χ3n) is 29.0. The van der Waals surface area contributed by atoms with E-state index in [4.69, 9.17) is 0 Å². The van der Waals surface area contributed by atoms with Crippen LogP contribution in [-0.4, -0.2) is 0 Å². The fraction of sp³-hybridized carbons (Fsp3) is 0. The lowest BCUT2D eigenvalue weighted by Gasteiger charge is -2.27. The normalized spacial score (nSPS) is 11.8. The van der Waals surface area contributed by atoms with Gasteiger partial charge in [0.15, 0.2) is 0 Å². The Morgan fingerprint density at radius 1 is 0.108 bits per heavy atom. The predicted octanol–water partition coefficient (Wildman–Crippen LogP) is 44.2. The van der Waals surface area contributed by atoms with E-state index in [1.807, 2.05) is 90.7 Å². The van der Waals surface area contributed by atoms with Crippen LogP contribution < -0.4 is 19.6 Å². The molecule has 32 rings (SSSR count). The van der Waals surface area contributed by atoms with Gasteiger partial charge in [-0.25, -0.2) is 0 Å². The van der Waals surface area contributed by atoms with Crippen LogP contribution in [0.25, 0.3) is 204 Å². The Hall–Kier alpha value is -16.7. The summed E-state index contributed by atoms with van der Waals surface area (Å²) in [6.45, 7) is 0. The lowest BCUT2D eigenvalue weighted by molar-refractivity contribution is 1.30. The van der Waals surface area contributed by atoms with E-state index in [1.54, 1.807) is 0 Å². The Morgan fingerprint density at radius 3 is 0.716 bits per heavy atom. The van der Waals surface area contributed by atoms with Crippen molar-refractivity contribution >= 4 is 363 Å². The first-order valence-electron chi connectivity index (χ1n) is 49.8. The molecule has 12 heteroatoms. The zero-order valence-electron chi connectivity index (χ0n) is 79.6. The van der Waals surface area contributed by atoms with Crippen molar-refractivity contribution in [2.24, 2.45) is 0 Å². The van der Waals surface area contributed by atoms with Gasteiger partial charge in [-0.3, -0.25) is 0 Å². The van der Waals surface area contributed by atoms with Crippen LogP contribution in [0.5, 0.6) is 0 Å². The number of rotatable bonds is 12. The first kappa shape index (κ1) is 87.8. The Morgan fingerprint density at radius 2 is 0.345 bits per heavy atom. The lowest BCUT2D eigenvalue weighted by Crippen LogP contribution is -2.10. The summed E-state index contributed by atoms with van der Waals surface area (Å²) in [7, 11) is 0. The SMILES string of the molecule is c1ccc(N(c2ccc3ccc4ccccc4c3c2)c2cccc3sc4ccc5c6ccccc6sc5c4c23)cc1.c1ccc(N(c2ccc3ccccc3c2)c2cccc3sc4ccc5c6ccccc6sc5c4c23)cc1.c1ccc(N(c2cccc3ccccc23)c2cccc3sc4ccc5c6ccccc6sc5c4c23)cc1.c1ccc(N(c2ccccc2)c2cccc3sc4ccc5c6ccccc6sc5c4c23)cc1. The molecule has 0 saturated carbocycles. The van der Waals surface area contributed by atoms with E-state index in [9.17, 15) is 0 Å². The molecule has 696 valence electrons. The van der Waals surface area contributed by atoms with Gasteiger partial charge in [0.25, 0.3) is 0 Å². The number of hydrogen-bond acceptors (Lipinski definition) is 12. The van der Waals surface area contributed by atoms with E-state index in [0.717, 1.165) is 22.7 Å². The molecule has 0 bridgehead atoms. The summed E-state index contributed by atoms with van der Waals surface area (Å²) in [5.41, 5.74) is 14.2. The first-order chi connectivity index (χ1) is 73.4. The largest absolute Gasteiger partial charge is 0.310 e. The molecule has 0 radical (unpaired) electrons. The highest BCUT2D eigenvalue weighted by atomic mass is 32.1. The summed E-state index contributed by atoms with van der Waals surface area (Å²) in [4.78, 5) is 9.71. The Kier molecular flexibility index (Phi) is 21.8. The Labute approximate surface area is 884 Å². The minimum absolute atomic E-state index is 1.16. The van der Waals surface area contributed by atoms with Crippen molar-refractivity contribution in [2.45, 2.75) is 0 Å². The highest BCUT2D eigenvalue weighted by Crippen LogP contribution is 2.57. The van der Waals surface area contributed by atoms with Crippen LogP contribution in [0.4, 0.5) is 68.2 Å². The molecule has 0 fully saturated rings. The molecule has 32 aromatic rings. The third kappa shape index (κ3) is 14.9. The Bertz CT molecular complexity index is 10800. The lowest BCUT2D eigenvalue weighted by atomic mass is 10.0. The van der Waals surface area contributed by atoms with Crippen molar-refractivity contribution in [1.82, 2.24) is 0 Å². The molecular formula is C136H84N4S8. The number of para-hydroxylation sites is 5. The average molecular weight is 2030 g/mol. The van der Waals surface area contributed by atoms with Crippen LogP contribution in [0.15, 0.2) is 510 Å². The average Bonchev–Trinajstić information content (AvgIpc) is 1.57. The van der Waals surface area contributed by atoms with E-state index in [-0.39, 0.29) is 0 Å². The molecule has 0 amide bonds. The van der Waals surface area contributed by atoms with Crippen LogP contribution in [0.2, 0.25) is 0 Å². The van der Waals surface area contributed by atoms with E-state index in [2.05, 4.69) is 529 Å². The van der Waals surface area contributed by atoms with Crippen LogP contribution in [0.1, 0.15) is 0 Å². The van der Waals surface area contributed by atoms with E-state index in [0.29, 0.717) is 0 Å². The van der Waals surface area contributed by atoms with Gasteiger partial charge in [-0.2, -0.15) is 0 Å². The summed E-state index contributed by atoms with van der Waals surface area (Å²) < 4.78 is 21.5. The number of hydrogen-bond donors (Lipinski definition) is 0. The van der Waals surface area contributed by atoms with Gasteiger partial charge in [-0.1, -0.05) is 322 Å². The summed E-state index contributed by atoms with van der Waals surface area (Å²) in [5.74, 6) is 0. The van der Waals surface area contributed by atoms with Gasteiger partial charge in [-0.05, 0) is 226 Å². The molecule has 8 aromatic heterocycles. The number of thiophene rings is 8. The minimum Gasteiger partial charge on any atom is -0.310 e. The van der Waals surface area contributed by atoms with Crippen molar-refractivity contribution < 1.29 is 0 Å². The molecule has 0 aliphatic carbocycles. The molecule has 0 spiro atoms. The van der Waals surface area contributed by atoms with E-state index < -0.39 is 0 Å². The second kappa shape index (κ2) is 36.8. The summed E-state index contributed by atoms with van der Waals surface area (Å²) in [6, 6.07) is 185. The molecule has 0 atom stereocenters. The maximum absolute atomic E-state index is 2.45. The molecule has 0 saturated heterocycles. The molecule has 24 aromatic carbocycles. The quantitative estimate of drug-likeness (QED) is 0.113. The van der Waals surface area contributed by atoms with Gasteiger partial charge in [0.1, 0.15) is 0 Å². The monoisotopic (exact) mass is 2030 g/mol. The van der Waals surface area contributed by atoms with Crippen molar-refractivity contribution in [3.63, 3.8) is 0 Å². The zero-order chi connectivity index (χ0) is 97.4. The van der Waals surface area contributed by atoms with Crippen molar-refractivity contribution in [1.29, 1.82) is 0 Å². The number of benzene rings is 24. The van der Waals surface area contributed by atoms with Crippen molar-refractivity contribution in [3.8, 4) is 0 Å².